The predicted molar refractivity (Wildman–Crippen MR) is 103 cm³/mol. The zero-order valence-electron chi connectivity index (χ0n) is 13.8. The van der Waals surface area contributed by atoms with Crippen molar-refractivity contribution in [2.24, 2.45) is 5.73 Å². The number of carbonyl (C=O) groups is 1. The Balaban J connectivity index is 0.00000156. The van der Waals surface area contributed by atoms with Crippen LogP contribution in [0.4, 0.5) is 0 Å². The maximum absolute atomic E-state index is 12.5. The van der Waals surface area contributed by atoms with Crippen LogP contribution in [0.2, 0.25) is 0 Å². The number of nitrogens with zero attached hydrogens (tertiary/aromatic N) is 1. The minimum absolute atomic E-state index is 0. The van der Waals surface area contributed by atoms with Gasteiger partial charge in [-0.15, -0.1) is 24.8 Å². The topological polar surface area (TPSA) is 77.2 Å². The van der Waals surface area contributed by atoms with E-state index in [0.717, 1.165) is 25.7 Å². The summed E-state index contributed by atoms with van der Waals surface area (Å²) in [5, 5.41) is 3.12. The summed E-state index contributed by atoms with van der Waals surface area (Å²) in [6.07, 6.45) is 7.45. The van der Waals surface area contributed by atoms with Crippen LogP contribution in [-0.2, 0) is 0 Å². The van der Waals surface area contributed by atoms with Gasteiger partial charge in [0.1, 0.15) is 11.5 Å². The third kappa shape index (κ3) is 5.33. The predicted octanol–water partition coefficient (Wildman–Crippen LogP) is 3.72. The fraction of sp³-hybridized carbons (Fsp3) is 0.333. The first-order valence-electron chi connectivity index (χ1n) is 7.91. The van der Waals surface area contributed by atoms with Crippen LogP contribution in [0.5, 0.6) is 11.5 Å². The average Bonchev–Trinajstić information content (AvgIpc) is 3.05. The summed E-state index contributed by atoms with van der Waals surface area (Å²) in [5.74, 6) is 1.21. The van der Waals surface area contributed by atoms with Crippen molar-refractivity contribution in [3.8, 4) is 11.5 Å². The maximum atomic E-state index is 12.5. The van der Waals surface area contributed by atoms with Crippen molar-refractivity contribution in [2.45, 2.75) is 31.2 Å². The Labute approximate surface area is 160 Å². The second kappa shape index (κ2) is 9.61. The normalized spacial score (nSPS) is 14.8. The van der Waals surface area contributed by atoms with Crippen LogP contribution in [0.1, 0.15) is 36.0 Å². The van der Waals surface area contributed by atoms with Gasteiger partial charge in [0.15, 0.2) is 0 Å². The first kappa shape index (κ1) is 21.2. The maximum Gasteiger partial charge on any atom is 0.251 e. The molecule has 1 aliphatic carbocycles. The monoisotopic (exact) mass is 383 g/mol. The Morgan fingerprint density at radius 2 is 1.80 bits per heavy atom. The number of aromatic nitrogens is 1. The highest BCUT2D eigenvalue weighted by molar-refractivity contribution is 5.95. The van der Waals surface area contributed by atoms with Crippen LogP contribution in [0, 0.1) is 0 Å². The van der Waals surface area contributed by atoms with Gasteiger partial charge in [0, 0.05) is 24.5 Å². The van der Waals surface area contributed by atoms with Gasteiger partial charge in [-0.25, -0.2) is 0 Å². The Hall–Kier alpha value is -1.82. The molecule has 0 radical (unpaired) electrons. The number of amides is 1. The minimum Gasteiger partial charge on any atom is -0.457 e. The molecule has 25 heavy (non-hydrogen) atoms. The lowest BCUT2D eigenvalue weighted by Crippen LogP contribution is -2.51. The molecule has 136 valence electrons. The molecule has 0 spiro atoms. The van der Waals surface area contributed by atoms with Crippen molar-refractivity contribution >= 4 is 30.7 Å². The fourth-order valence-corrected chi connectivity index (χ4v) is 2.99. The minimum atomic E-state index is -0.251. The molecule has 7 heteroatoms. The Kier molecular flexibility index (Phi) is 8.16. The molecule has 0 bridgehead atoms. The van der Waals surface area contributed by atoms with Crippen molar-refractivity contribution in [1.82, 2.24) is 10.3 Å². The third-order valence-corrected chi connectivity index (χ3v) is 4.31. The highest BCUT2D eigenvalue weighted by Gasteiger charge is 2.34. The van der Waals surface area contributed by atoms with E-state index in [9.17, 15) is 4.79 Å². The molecule has 0 atom stereocenters. The van der Waals surface area contributed by atoms with Crippen LogP contribution in [-0.4, -0.2) is 23.0 Å². The van der Waals surface area contributed by atoms with Gasteiger partial charge >= 0.3 is 0 Å². The number of pyridine rings is 1. The Morgan fingerprint density at radius 3 is 2.44 bits per heavy atom. The van der Waals surface area contributed by atoms with Crippen molar-refractivity contribution in [3.63, 3.8) is 0 Å². The van der Waals surface area contributed by atoms with Gasteiger partial charge in [0.2, 0.25) is 0 Å². The molecule has 1 fully saturated rings. The van der Waals surface area contributed by atoms with Crippen molar-refractivity contribution in [2.75, 3.05) is 6.54 Å². The molecular formula is C18H23Cl2N3O2. The molecule has 1 aromatic carbocycles. The summed E-state index contributed by atoms with van der Waals surface area (Å²) in [6.45, 7) is 0.478. The molecule has 1 aromatic heterocycles. The lowest BCUT2D eigenvalue weighted by Gasteiger charge is -2.28. The van der Waals surface area contributed by atoms with E-state index in [2.05, 4.69) is 10.3 Å². The second-order valence-corrected chi connectivity index (χ2v) is 5.96. The van der Waals surface area contributed by atoms with E-state index in [-0.39, 0.29) is 36.3 Å². The number of nitrogens with two attached hydrogens (primary N) is 1. The van der Waals surface area contributed by atoms with Crippen molar-refractivity contribution in [3.05, 3.63) is 54.4 Å². The Bertz CT molecular complexity index is 677. The summed E-state index contributed by atoms with van der Waals surface area (Å²) in [4.78, 5) is 16.5. The molecular weight excluding hydrogens is 361 g/mol. The van der Waals surface area contributed by atoms with Crippen LogP contribution < -0.4 is 15.8 Å². The van der Waals surface area contributed by atoms with Gasteiger partial charge in [0.25, 0.3) is 5.91 Å². The van der Waals surface area contributed by atoms with Crippen LogP contribution in [0.3, 0.4) is 0 Å². The van der Waals surface area contributed by atoms with E-state index < -0.39 is 0 Å². The molecule has 5 nitrogen and oxygen atoms in total. The second-order valence-electron chi connectivity index (χ2n) is 5.96. The van der Waals surface area contributed by atoms with Crippen molar-refractivity contribution in [1.29, 1.82) is 0 Å². The van der Waals surface area contributed by atoms with Gasteiger partial charge in [0.05, 0.1) is 5.54 Å². The lowest BCUT2D eigenvalue weighted by molar-refractivity contribution is 0.0903. The summed E-state index contributed by atoms with van der Waals surface area (Å²) in [5.41, 5.74) is 6.21. The zero-order valence-corrected chi connectivity index (χ0v) is 15.4. The third-order valence-electron chi connectivity index (χ3n) is 4.31. The summed E-state index contributed by atoms with van der Waals surface area (Å²) >= 11 is 0. The Morgan fingerprint density at radius 1 is 1.12 bits per heavy atom. The largest absolute Gasteiger partial charge is 0.457 e. The van der Waals surface area contributed by atoms with E-state index in [4.69, 9.17) is 10.5 Å². The zero-order chi connectivity index (χ0) is 16.1. The summed E-state index contributed by atoms with van der Waals surface area (Å²) in [6, 6.07) is 10.7. The van der Waals surface area contributed by atoms with Gasteiger partial charge < -0.3 is 15.8 Å². The standard InChI is InChI=1S/C18H21N3O2.2ClH/c19-13-18(8-1-2-9-18)21-17(22)14-4-3-5-16(12-14)23-15-6-10-20-11-7-15;;/h3-7,10-12H,1-2,8-9,13,19H2,(H,21,22);2*1H. The SMILES string of the molecule is Cl.Cl.NCC1(NC(=O)c2cccc(Oc3ccncc3)c2)CCCC1. The first-order valence-corrected chi connectivity index (χ1v) is 7.91. The number of hydrogen-bond acceptors (Lipinski definition) is 4. The molecule has 2 aromatic rings. The van der Waals surface area contributed by atoms with Crippen LogP contribution >= 0.6 is 24.8 Å². The molecule has 1 amide bonds. The fourth-order valence-electron chi connectivity index (χ4n) is 2.99. The van der Waals surface area contributed by atoms with E-state index in [0.29, 0.717) is 23.6 Å². The smallest absolute Gasteiger partial charge is 0.251 e. The highest BCUT2D eigenvalue weighted by Crippen LogP contribution is 2.29. The average molecular weight is 384 g/mol. The molecule has 3 rings (SSSR count). The highest BCUT2D eigenvalue weighted by atomic mass is 35.5. The molecule has 0 unspecified atom stereocenters. The molecule has 1 heterocycles. The quantitative estimate of drug-likeness (QED) is 0.824. The van der Waals surface area contributed by atoms with E-state index in [1.165, 1.54) is 0 Å². The number of hydrogen-bond donors (Lipinski definition) is 2. The van der Waals surface area contributed by atoms with E-state index in [1.807, 2.05) is 12.1 Å². The first-order chi connectivity index (χ1) is 11.2. The molecule has 0 aliphatic heterocycles. The van der Waals surface area contributed by atoms with E-state index in [1.54, 1.807) is 36.7 Å². The number of benzene rings is 1. The molecule has 1 saturated carbocycles. The number of ether oxygens (including phenoxy) is 1. The molecule has 3 N–H and O–H groups in total. The van der Waals surface area contributed by atoms with E-state index >= 15 is 0 Å². The molecule has 0 saturated heterocycles. The van der Waals surface area contributed by atoms with Crippen LogP contribution in [0.25, 0.3) is 0 Å². The summed E-state index contributed by atoms with van der Waals surface area (Å²) < 4.78 is 5.75. The van der Waals surface area contributed by atoms with Gasteiger partial charge in [-0.1, -0.05) is 18.9 Å². The van der Waals surface area contributed by atoms with Gasteiger partial charge in [-0.05, 0) is 43.2 Å². The number of nitrogens with one attached hydrogen (secondary N) is 1. The van der Waals surface area contributed by atoms with Crippen molar-refractivity contribution < 1.29 is 9.53 Å². The molecule has 1 aliphatic rings. The number of carbonyl (C=O) groups excluding carboxylic acids is 1. The number of halogens is 2. The van der Waals surface area contributed by atoms with Crippen LogP contribution in [0.15, 0.2) is 48.8 Å². The number of rotatable bonds is 5. The van der Waals surface area contributed by atoms with Gasteiger partial charge in [-0.3, -0.25) is 9.78 Å². The lowest BCUT2D eigenvalue weighted by atomic mass is 9.97. The summed E-state index contributed by atoms with van der Waals surface area (Å²) in [7, 11) is 0. The van der Waals surface area contributed by atoms with Gasteiger partial charge in [-0.2, -0.15) is 0 Å².